The van der Waals surface area contributed by atoms with Crippen molar-refractivity contribution in [2.45, 2.75) is 12.8 Å². The molecule has 0 nitrogen and oxygen atoms in total. The van der Waals surface area contributed by atoms with Crippen LogP contribution in [0.25, 0.3) is 0 Å². The zero-order valence-electron chi connectivity index (χ0n) is 7.64. The molecule has 0 aliphatic heterocycles. The van der Waals surface area contributed by atoms with Gasteiger partial charge in [-0.05, 0) is 36.1 Å². The van der Waals surface area contributed by atoms with Crippen LogP contribution in [0.1, 0.15) is 12.0 Å². The summed E-state index contributed by atoms with van der Waals surface area (Å²) in [5.41, 5.74) is 1.55. The molecule has 1 rings (SSSR count). The van der Waals surface area contributed by atoms with E-state index in [0.717, 1.165) is 5.56 Å². The Balaban J connectivity index is 2.49. The second-order valence-electron chi connectivity index (χ2n) is 3.03. The largest absolute Gasteiger partial charge is 0.216 e. The maximum atomic E-state index is 12.5. The topological polar surface area (TPSA) is 0 Å². The normalized spacial score (nSPS) is 11.8. The standard InChI is InChI=1S/C11H11ClF2/c12-7-10(8-13)2-1-9-3-5-11(14)6-4-9/h3-6,8H,1-2,7H2/b10-8+. The van der Waals surface area contributed by atoms with E-state index >= 15 is 0 Å². The molecule has 0 unspecified atom stereocenters. The van der Waals surface area contributed by atoms with Crippen LogP contribution in [0.4, 0.5) is 8.78 Å². The van der Waals surface area contributed by atoms with Crippen molar-refractivity contribution in [2.24, 2.45) is 0 Å². The molecule has 0 aliphatic carbocycles. The number of halogens is 3. The fourth-order valence-corrected chi connectivity index (χ4v) is 1.30. The fourth-order valence-electron chi connectivity index (χ4n) is 1.11. The van der Waals surface area contributed by atoms with Crippen LogP contribution < -0.4 is 0 Å². The highest BCUT2D eigenvalue weighted by Gasteiger charge is 1.98. The number of benzene rings is 1. The summed E-state index contributed by atoms with van der Waals surface area (Å²) < 4.78 is 24.6. The van der Waals surface area contributed by atoms with E-state index < -0.39 is 0 Å². The molecule has 1 aromatic carbocycles. The maximum absolute atomic E-state index is 12.5. The molecule has 0 saturated heterocycles. The van der Waals surface area contributed by atoms with Gasteiger partial charge in [-0.3, -0.25) is 0 Å². The highest BCUT2D eigenvalue weighted by molar-refractivity contribution is 6.19. The lowest BCUT2D eigenvalue weighted by Crippen LogP contribution is -1.90. The first kappa shape index (κ1) is 11.2. The van der Waals surface area contributed by atoms with Crippen LogP contribution in [0.15, 0.2) is 36.2 Å². The Morgan fingerprint density at radius 1 is 1.29 bits per heavy atom. The molecule has 0 aliphatic rings. The summed E-state index contributed by atoms with van der Waals surface area (Å²) in [6, 6.07) is 6.18. The third kappa shape index (κ3) is 3.46. The summed E-state index contributed by atoms with van der Waals surface area (Å²) >= 11 is 5.49. The van der Waals surface area contributed by atoms with Gasteiger partial charge in [0.05, 0.1) is 6.33 Å². The van der Waals surface area contributed by atoms with Crippen LogP contribution in [0.2, 0.25) is 0 Å². The van der Waals surface area contributed by atoms with Gasteiger partial charge in [0, 0.05) is 5.88 Å². The van der Waals surface area contributed by atoms with Gasteiger partial charge >= 0.3 is 0 Å². The SMILES string of the molecule is F/C=C(/CCl)CCc1ccc(F)cc1. The third-order valence-electron chi connectivity index (χ3n) is 1.97. The van der Waals surface area contributed by atoms with Crippen LogP contribution in [-0.4, -0.2) is 5.88 Å². The van der Waals surface area contributed by atoms with E-state index in [1.165, 1.54) is 12.1 Å². The van der Waals surface area contributed by atoms with E-state index in [1.807, 2.05) is 0 Å². The molecule has 0 atom stereocenters. The monoisotopic (exact) mass is 216 g/mol. The molecule has 1 aromatic rings. The van der Waals surface area contributed by atoms with Gasteiger partial charge in [0.1, 0.15) is 5.82 Å². The van der Waals surface area contributed by atoms with Crippen LogP contribution in [-0.2, 0) is 6.42 Å². The molecular formula is C11H11ClF2. The lowest BCUT2D eigenvalue weighted by atomic mass is 10.1. The van der Waals surface area contributed by atoms with E-state index in [1.54, 1.807) is 12.1 Å². The molecule has 0 heterocycles. The molecule has 0 saturated carbocycles. The van der Waals surface area contributed by atoms with Gasteiger partial charge in [0.25, 0.3) is 0 Å². The molecule has 76 valence electrons. The van der Waals surface area contributed by atoms with Gasteiger partial charge in [0.15, 0.2) is 0 Å². The first-order chi connectivity index (χ1) is 6.76. The summed E-state index contributed by atoms with van der Waals surface area (Å²) in [6.07, 6.45) is 1.80. The molecule has 0 radical (unpaired) electrons. The van der Waals surface area contributed by atoms with Gasteiger partial charge in [-0.1, -0.05) is 12.1 Å². The van der Waals surface area contributed by atoms with Crippen molar-refractivity contribution in [2.75, 3.05) is 5.88 Å². The first-order valence-electron chi connectivity index (χ1n) is 4.35. The molecule has 0 spiro atoms. The van der Waals surface area contributed by atoms with E-state index in [4.69, 9.17) is 11.6 Å². The average molecular weight is 217 g/mol. The smallest absolute Gasteiger partial charge is 0.123 e. The quantitative estimate of drug-likeness (QED) is 0.671. The zero-order valence-corrected chi connectivity index (χ0v) is 8.40. The molecule has 0 aromatic heterocycles. The van der Waals surface area contributed by atoms with Crippen molar-refractivity contribution in [3.8, 4) is 0 Å². The predicted molar refractivity (Wildman–Crippen MR) is 54.6 cm³/mol. The third-order valence-corrected chi connectivity index (χ3v) is 2.32. The first-order valence-corrected chi connectivity index (χ1v) is 4.88. The van der Waals surface area contributed by atoms with Crippen molar-refractivity contribution in [3.63, 3.8) is 0 Å². The van der Waals surface area contributed by atoms with Crippen LogP contribution in [0.5, 0.6) is 0 Å². The molecule has 0 bridgehead atoms. The number of allylic oxidation sites excluding steroid dienone is 1. The molecular weight excluding hydrogens is 206 g/mol. The minimum atomic E-state index is -0.257. The van der Waals surface area contributed by atoms with Gasteiger partial charge in [-0.25, -0.2) is 8.78 Å². The fraction of sp³-hybridized carbons (Fsp3) is 0.273. The van der Waals surface area contributed by atoms with E-state index in [-0.39, 0.29) is 11.7 Å². The lowest BCUT2D eigenvalue weighted by molar-refractivity contribution is 0.627. The van der Waals surface area contributed by atoms with E-state index in [2.05, 4.69) is 0 Å². The number of hydrogen-bond acceptors (Lipinski definition) is 0. The molecule has 3 heteroatoms. The van der Waals surface area contributed by atoms with Gasteiger partial charge < -0.3 is 0 Å². The van der Waals surface area contributed by atoms with E-state index in [9.17, 15) is 8.78 Å². The molecule has 0 N–H and O–H groups in total. The van der Waals surface area contributed by atoms with Gasteiger partial charge in [-0.15, -0.1) is 11.6 Å². The second kappa shape index (κ2) is 5.76. The number of hydrogen-bond donors (Lipinski definition) is 0. The molecule has 0 fully saturated rings. The number of alkyl halides is 1. The van der Waals surface area contributed by atoms with Crippen molar-refractivity contribution in [3.05, 3.63) is 47.5 Å². The van der Waals surface area contributed by atoms with Crippen molar-refractivity contribution >= 4 is 11.6 Å². The Morgan fingerprint density at radius 2 is 1.93 bits per heavy atom. The van der Waals surface area contributed by atoms with E-state index in [0.29, 0.717) is 24.7 Å². The van der Waals surface area contributed by atoms with Crippen LogP contribution >= 0.6 is 11.6 Å². The maximum Gasteiger partial charge on any atom is 0.123 e. The summed E-state index contributed by atoms with van der Waals surface area (Å²) in [5, 5.41) is 0. The van der Waals surface area contributed by atoms with Gasteiger partial charge in [0.2, 0.25) is 0 Å². The summed E-state index contributed by atoms with van der Waals surface area (Å²) in [4.78, 5) is 0. The zero-order chi connectivity index (χ0) is 10.4. The molecule has 14 heavy (non-hydrogen) atoms. The van der Waals surface area contributed by atoms with Crippen molar-refractivity contribution < 1.29 is 8.78 Å². The Kier molecular flexibility index (Phi) is 4.60. The highest BCUT2D eigenvalue weighted by atomic mass is 35.5. The van der Waals surface area contributed by atoms with Gasteiger partial charge in [-0.2, -0.15) is 0 Å². The Bertz CT molecular complexity index is 304. The highest BCUT2D eigenvalue weighted by Crippen LogP contribution is 2.11. The predicted octanol–water partition coefficient (Wildman–Crippen LogP) is 3.85. The van der Waals surface area contributed by atoms with Crippen molar-refractivity contribution in [1.29, 1.82) is 0 Å². The lowest BCUT2D eigenvalue weighted by Gasteiger charge is -2.01. The number of rotatable bonds is 4. The van der Waals surface area contributed by atoms with Crippen LogP contribution in [0, 0.1) is 5.82 Å². The Morgan fingerprint density at radius 3 is 2.43 bits per heavy atom. The average Bonchev–Trinajstić information content (AvgIpc) is 2.22. The summed E-state index contributed by atoms with van der Waals surface area (Å²) in [5.74, 6) is -0.0510. The minimum Gasteiger partial charge on any atom is -0.216 e. The Labute approximate surface area is 87.2 Å². The second-order valence-corrected chi connectivity index (χ2v) is 3.29. The minimum absolute atomic E-state index is 0.206. The summed E-state index contributed by atoms with van der Waals surface area (Å²) in [6.45, 7) is 0. The Hall–Kier alpha value is -0.890. The molecule has 0 amide bonds. The number of aryl methyl sites for hydroxylation is 1. The van der Waals surface area contributed by atoms with Crippen LogP contribution in [0.3, 0.4) is 0 Å². The summed E-state index contributed by atoms with van der Waals surface area (Å²) in [7, 11) is 0. The van der Waals surface area contributed by atoms with Crippen molar-refractivity contribution in [1.82, 2.24) is 0 Å².